The number of hydrogen-bond acceptors (Lipinski definition) is 3. The van der Waals surface area contributed by atoms with Crippen LogP contribution >= 0.6 is 0 Å². The summed E-state index contributed by atoms with van der Waals surface area (Å²) in [6, 6.07) is 14.0. The fourth-order valence-corrected chi connectivity index (χ4v) is 3.61. The summed E-state index contributed by atoms with van der Waals surface area (Å²) in [5.41, 5.74) is 1.53. The van der Waals surface area contributed by atoms with E-state index >= 15 is 0 Å². The Morgan fingerprint density at radius 3 is 1.57 bits per heavy atom. The summed E-state index contributed by atoms with van der Waals surface area (Å²) < 4.78 is 0. The normalized spacial score (nSPS) is 27.8. The van der Waals surface area contributed by atoms with E-state index in [-0.39, 0.29) is 41.2 Å². The Morgan fingerprint density at radius 2 is 1.17 bits per heavy atom. The van der Waals surface area contributed by atoms with Crippen molar-refractivity contribution in [1.29, 1.82) is 0 Å². The van der Waals surface area contributed by atoms with Gasteiger partial charge in [0.1, 0.15) is 23.6 Å². The number of quaternary nitrogens is 1. The first-order chi connectivity index (χ1) is 11.0. The molecule has 23 heavy (non-hydrogen) atoms. The summed E-state index contributed by atoms with van der Waals surface area (Å²) in [5, 5.41) is 22.4. The summed E-state index contributed by atoms with van der Waals surface area (Å²) in [4.78, 5) is 12.7. The van der Waals surface area contributed by atoms with Crippen LogP contribution in [0.1, 0.15) is 37.1 Å². The number of para-hydroxylation sites is 2. The van der Waals surface area contributed by atoms with Gasteiger partial charge in [-0.2, -0.15) is 0 Å². The van der Waals surface area contributed by atoms with E-state index in [0.29, 0.717) is 0 Å². The van der Waals surface area contributed by atoms with E-state index in [1.807, 2.05) is 38.1 Å². The predicted molar refractivity (Wildman–Crippen MR) is 87.0 cm³/mol. The van der Waals surface area contributed by atoms with Crippen molar-refractivity contribution in [3.05, 3.63) is 59.7 Å². The fraction of sp³-hybridized carbons (Fsp3) is 0.316. The van der Waals surface area contributed by atoms with Crippen LogP contribution in [-0.2, 0) is 4.79 Å². The van der Waals surface area contributed by atoms with E-state index in [4.69, 9.17) is 0 Å². The van der Waals surface area contributed by atoms with Crippen LogP contribution in [0, 0.1) is 11.8 Å². The van der Waals surface area contributed by atoms with Crippen LogP contribution < -0.4 is 5.32 Å². The highest BCUT2D eigenvalue weighted by atomic mass is 16.3. The first-order valence-corrected chi connectivity index (χ1v) is 7.95. The molecule has 2 aromatic carbocycles. The predicted octanol–water partition coefficient (Wildman–Crippen LogP) is 2.30. The Hall–Kier alpha value is -2.33. The van der Waals surface area contributed by atoms with Gasteiger partial charge in [-0.1, -0.05) is 24.3 Å². The van der Waals surface area contributed by atoms with Gasteiger partial charge < -0.3 is 15.5 Å². The number of phenols is 2. The lowest BCUT2D eigenvalue weighted by molar-refractivity contribution is -0.748. The average molecular weight is 312 g/mol. The Bertz CT molecular complexity index is 669. The fourth-order valence-electron chi connectivity index (χ4n) is 3.61. The van der Waals surface area contributed by atoms with E-state index in [1.54, 1.807) is 24.3 Å². The molecule has 2 aromatic rings. The van der Waals surface area contributed by atoms with Crippen molar-refractivity contribution >= 4 is 5.78 Å². The van der Waals surface area contributed by atoms with Crippen molar-refractivity contribution < 1.29 is 20.3 Å². The Morgan fingerprint density at radius 1 is 0.783 bits per heavy atom. The minimum absolute atomic E-state index is 0.161. The minimum atomic E-state index is -0.194. The molecule has 1 fully saturated rings. The molecular formula is C19H22NO3+. The van der Waals surface area contributed by atoms with E-state index < -0.39 is 0 Å². The third-order valence-corrected chi connectivity index (χ3v) is 4.98. The molecule has 0 spiro atoms. The van der Waals surface area contributed by atoms with Crippen LogP contribution in [0.2, 0.25) is 0 Å². The molecule has 1 saturated heterocycles. The van der Waals surface area contributed by atoms with Crippen LogP contribution in [0.5, 0.6) is 11.5 Å². The molecule has 3 rings (SSSR count). The third-order valence-electron chi connectivity index (χ3n) is 4.98. The zero-order valence-corrected chi connectivity index (χ0v) is 13.3. The summed E-state index contributed by atoms with van der Waals surface area (Å²) in [5.74, 6) is 0.188. The van der Waals surface area contributed by atoms with Crippen LogP contribution in [0.15, 0.2) is 48.5 Å². The number of Topliss-reactive ketones (excluding diaryl/α,β-unsaturated/α-hetero) is 1. The third kappa shape index (κ3) is 2.70. The maximum absolute atomic E-state index is 12.7. The van der Waals surface area contributed by atoms with E-state index in [1.165, 1.54) is 0 Å². The van der Waals surface area contributed by atoms with Crippen molar-refractivity contribution in [2.24, 2.45) is 11.8 Å². The number of nitrogens with two attached hydrogens (primary N) is 1. The second-order valence-electron chi connectivity index (χ2n) is 6.34. The van der Waals surface area contributed by atoms with Crippen LogP contribution in [-0.4, -0.2) is 16.0 Å². The SMILES string of the molecule is C[C@@H]1C(=O)[C@H](C)[C@H](c2ccccc2O)[NH2+][C@@H]1c1ccccc1O. The molecule has 4 atom stereocenters. The summed E-state index contributed by atoms with van der Waals surface area (Å²) in [6.45, 7) is 3.82. The molecule has 1 heterocycles. The van der Waals surface area contributed by atoms with Gasteiger partial charge in [-0.3, -0.25) is 4.79 Å². The maximum atomic E-state index is 12.7. The Labute approximate surface area is 135 Å². The molecule has 0 saturated carbocycles. The number of phenolic OH excluding ortho intramolecular Hbond substituents is 2. The molecule has 0 aromatic heterocycles. The molecular weight excluding hydrogens is 290 g/mol. The van der Waals surface area contributed by atoms with Gasteiger partial charge in [0.25, 0.3) is 0 Å². The lowest BCUT2D eigenvalue weighted by Crippen LogP contribution is -2.91. The standard InChI is InChI=1S/C19H21NO3/c1-11-17(13-7-3-5-9-15(13)21)20-18(12(2)19(11)23)14-8-4-6-10-16(14)22/h3-12,17-18,20-22H,1-2H3/p+1/t11-,12+,17-,18+. The number of carbonyl (C=O) groups excluding carboxylic acids is 1. The summed E-state index contributed by atoms with van der Waals surface area (Å²) >= 11 is 0. The molecule has 4 heteroatoms. The van der Waals surface area contributed by atoms with Crippen molar-refractivity contribution in [2.45, 2.75) is 25.9 Å². The first kappa shape index (κ1) is 15.6. The highest BCUT2D eigenvalue weighted by molar-refractivity contribution is 5.85. The van der Waals surface area contributed by atoms with Crippen molar-refractivity contribution in [2.75, 3.05) is 0 Å². The molecule has 1 aliphatic rings. The minimum Gasteiger partial charge on any atom is -0.507 e. The van der Waals surface area contributed by atoms with Gasteiger partial charge in [-0.05, 0) is 38.1 Å². The van der Waals surface area contributed by atoms with E-state index in [0.717, 1.165) is 11.1 Å². The number of carbonyl (C=O) groups is 1. The van der Waals surface area contributed by atoms with E-state index in [9.17, 15) is 15.0 Å². The van der Waals surface area contributed by atoms with Crippen molar-refractivity contribution in [1.82, 2.24) is 0 Å². The Balaban J connectivity index is 2.02. The van der Waals surface area contributed by atoms with Crippen molar-refractivity contribution in [3.8, 4) is 11.5 Å². The topological polar surface area (TPSA) is 74.1 Å². The molecule has 0 aliphatic carbocycles. The summed E-state index contributed by atoms with van der Waals surface area (Å²) in [6.07, 6.45) is 0. The number of aromatic hydroxyl groups is 2. The number of rotatable bonds is 2. The number of ketones is 1. The van der Waals surface area contributed by atoms with Gasteiger partial charge in [0.2, 0.25) is 0 Å². The number of hydrogen-bond donors (Lipinski definition) is 3. The molecule has 4 N–H and O–H groups in total. The van der Waals surface area contributed by atoms with E-state index in [2.05, 4.69) is 5.32 Å². The average Bonchev–Trinajstić information content (AvgIpc) is 2.55. The monoisotopic (exact) mass is 312 g/mol. The number of piperidine rings is 1. The highest BCUT2D eigenvalue weighted by Gasteiger charge is 2.45. The highest BCUT2D eigenvalue weighted by Crippen LogP contribution is 2.37. The van der Waals surface area contributed by atoms with Gasteiger partial charge in [0, 0.05) is 0 Å². The lowest BCUT2D eigenvalue weighted by Gasteiger charge is -2.36. The van der Waals surface area contributed by atoms with Crippen LogP contribution in [0.4, 0.5) is 0 Å². The summed E-state index contributed by atoms with van der Waals surface area (Å²) in [7, 11) is 0. The van der Waals surface area contributed by atoms with Crippen molar-refractivity contribution in [3.63, 3.8) is 0 Å². The molecule has 0 radical (unpaired) electrons. The van der Waals surface area contributed by atoms with Gasteiger partial charge in [0.15, 0.2) is 5.78 Å². The second kappa shape index (κ2) is 6.05. The lowest BCUT2D eigenvalue weighted by atomic mass is 9.76. The van der Waals surface area contributed by atoms with Crippen LogP contribution in [0.3, 0.4) is 0 Å². The number of benzene rings is 2. The van der Waals surface area contributed by atoms with Gasteiger partial charge in [0.05, 0.1) is 23.0 Å². The van der Waals surface area contributed by atoms with Gasteiger partial charge in [-0.15, -0.1) is 0 Å². The molecule has 120 valence electrons. The zero-order chi connectivity index (χ0) is 16.6. The van der Waals surface area contributed by atoms with Gasteiger partial charge in [-0.25, -0.2) is 0 Å². The maximum Gasteiger partial charge on any atom is 0.151 e. The second-order valence-corrected chi connectivity index (χ2v) is 6.34. The first-order valence-electron chi connectivity index (χ1n) is 7.95. The quantitative estimate of drug-likeness (QED) is 0.796. The molecule has 1 aliphatic heterocycles. The Kier molecular flexibility index (Phi) is 4.09. The smallest absolute Gasteiger partial charge is 0.151 e. The largest absolute Gasteiger partial charge is 0.507 e. The van der Waals surface area contributed by atoms with Gasteiger partial charge >= 0.3 is 0 Å². The molecule has 0 bridgehead atoms. The zero-order valence-electron chi connectivity index (χ0n) is 13.3. The molecule has 0 unspecified atom stereocenters. The molecule has 4 nitrogen and oxygen atoms in total. The van der Waals surface area contributed by atoms with Crippen LogP contribution in [0.25, 0.3) is 0 Å². The molecule has 0 amide bonds.